The van der Waals surface area contributed by atoms with Crippen molar-refractivity contribution in [2.75, 3.05) is 18.9 Å². The average Bonchev–Trinajstić information content (AvgIpc) is 3.67. The number of imidazole rings is 2. The van der Waals surface area contributed by atoms with Crippen LogP contribution in [0.1, 0.15) is 25.3 Å². The van der Waals surface area contributed by atoms with Crippen LogP contribution in [0.15, 0.2) is 30.0 Å². The van der Waals surface area contributed by atoms with Gasteiger partial charge in [-0.2, -0.15) is 4.98 Å². The predicted octanol–water partition coefficient (Wildman–Crippen LogP) is -1.03. The Balaban J connectivity index is 1.10. The van der Waals surface area contributed by atoms with E-state index in [1.54, 1.807) is 4.57 Å². The van der Waals surface area contributed by atoms with Crippen molar-refractivity contribution >= 4 is 36.1 Å². The van der Waals surface area contributed by atoms with E-state index in [2.05, 4.69) is 29.9 Å². The third-order valence-electron chi connectivity index (χ3n) is 6.56. The SMILES string of the molecule is Nc1ncc2ncn([C@H]3C[C@H](OP(=O)(O)OC[C@H]4O[C@@H](n5cnc6c(=O)[nH]cnc65)C[C@@H]4O)[C@@H](CO)O3)c2n1. The van der Waals surface area contributed by atoms with E-state index >= 15 is 0 Å². The minimum atomic E-state index is -4.69. The first kappa shape index (κ1) is 25.9. The van der Waals surface area contributed by atoms with Gasteiger partial charge in [-0.3, -0.25) is 23.0 Å². The van der Waals surface area contributed by atoms with E-state index < -0.39 is 63.5 Å². The van der Waals surface area contributed by atoms with Gasteiger partial charge in [0, 0.05) is 12.8 Å². The Bertz CT molecular complexity index is 1610. The van der Waals surface area contributed by atoms with E-state index in [9.17, 15) is 24.5 Å². The number of aliphatic hydroxyl groups excluding tert-OH is 2. The summed E-state index contributed by atoms with van der Waals surface area (Å²) in [5.41, 5.74) is 6.48. The van der Waals surface area contributed by atoms with Crippen molar-refractivity contribution in [1.82, 2.24) is 39.0 Å². The van der Waals surface area contributed by atoms with Gasteiger partial charge in [-0.25, -0.2) is 24.5 Å². The van der Waals surface area contributed by atoms with Crippen molar-refractivity contribution in [1.29, 1.82) is 0 Å². The second-order valence-electron chi connectivity index (χ2n) is 9.03. The Labute approximate surface area is 218 Å². The van der Waals surface area contributed by atoms with E-state index in [1.165, 1.54) is 29.7 Å². The van der Waals surface area contributed by atoms with Gasteiger partial charge in [0.15, 0.2) is 16.8 Å². The second kappa shape index (κ2) is 10.00. The summed E-state index contributed by atoms with van der Waals surface area (Å²) in [4.78, 5) is 45.1. The Morgan fingerprint density at radius 1 is 1.10 bits per heavy atom. The Morgan fingerprint density at radius 3 is 2.67 bits per heavy atom. The minimum absolute atomic E-state index is 0.0340. The van der Waals surface area contributed by atoms with Crippen LogP contribution in [0.5, 0.6) is 0 Å². The van der Waals surface area contributed by atoms with E-state index in [0.717, 1.165) is 0 Å². The smallest absolute Gasteiger partial charge is 0.394 e. The summed E-state index contributed by atoms with van der Waals surface area (Å²) < 4.78 is 37.9. The van der Waals surface area contributed by atoms with Crippen molar-refractivity contribution in [3.63, 3.8) is 0 Å². The zero-order valence-electron chi connectivity index (χ0n) is 20.0. The van der Waals surface area contributed by atoms with Crippen LogP contribution >= 0.6 is 7.82 Å². The molecular weight excluding hydrogens is 541 g/mol. The summed E-state index contributed by atoms with van der Waals surface area (Å²) in [5.74, 6) is 0.0340. The van der Waals surface area contributed by atoms with Crippen LogP contribution in [-0.4, -0.2) is 91.8 Å². The molecule has 2 aliphatic heterocycles. The molecule has 208 valence electrons. The predicted molar refractivity (Wildman–Crippen MR) is 129 cm³/mol. The van der Waals surface area contributed by atoms with Crippen LogP contribution in [0.4, 0.5) is 5.95 Å². The van der Waals surface area contributed by atoms with E-state index in [1.807, 2.05) is 0 Å². The van der Waals surface area contributed by atoms with Crippen LogP contribution in [0.2, 0.25) is 0 Å². The van der Waals surface area contributed by atoms with E-state index in [4.69, 9.17) is 24.3 Å². The number of nitrogens with two attached hydrogens (primary N) is 1. The maximum Gasteiger partial charge on any atom is 0.472 e. The number of nitrogens with zero attached hydrogens (tertiary/aromatic N) is 7. The van der Waals surface area contributed by atoms with Crippen LogP contribution in [0.3, 0.4) is 0 Å². The van der Waals surface area contributed by atoms with Gasteiger partial charge in [0.05, 0.1) is 44.5 Å². The van der Waals surface area contributed by atoms with Crippen LogP contribution in [0, 0.1) is 0 Å². The molecule has 0 amide bonds. The standard InChI is InChI=1S/C20H24N9O9P/c21-20-22-3-9-17(27-20)28(7-25-9)15-2-11(12(4-30)36-15)38-39(33,34)35-5-13-10(31)1-14(37-13)29-8-26-16-18(29)23-6-24-19(16)32/h3,6-8,10-15,30-31H,1-2,4-5H2,(H,33,34)(H2,21,22,27)(H,23,24,32)/t10-,11-,12+,13+,14+,15+/m0/s1. The van der Waals surface area contributed by atoms with Crippen molar-refractivity contribution in [2.45, 2.75) is 49.7 Å². The molecule has 18 nitrogen and oxygen atoms in total. The molecule has 6 heterocycles. The zero-order valence-corrected chi connectivity index (χ0v) is 20.9. The number of H-pyrrole nitrogens is 1. The largest absolute Gasteiger partial charge is 0.472 e. The molecule has 6 N–H and O–H groups in total. The van der Waals surface area contributed by atoms with Gasteiger partial charge in [0.25, 0.3) is 5.56 Å². The summed E-state index contributed by atoms with van der Waals surface area (Å²) in [5, 5.41) is 20.3. The molecule has 2 aliphatic rings. The van der Waals surface area contributed by atoms with Gasteiger partial charge >= 0.3 is 7.82 Å². The van der Waals surface area contributed by atoms with Crippen molar-refractivity contribution in [2.24, 2.45) is 0 Å². The highest BCUT2D eigenvalue weighted by molar-refractivity contribution is 7.47. The molecular formula is C20H24N9O9P. The molecule has 2 fully saturated rings. The molecule has 6 rings (SSSR count). The van der Waals surface area contributed by atoms with Crippen molar-refractivity contribution < 1.29 is 38.2 Å². The van der Waals surface area contributed by atoms with Gasteiger partial charge in [0.2, 0.25) is 5.95 Å². The number of nitrogens with one attached hydrogen (secondary N) is 1. The topological polar surface area (TPSA) is 248 Å². The first-order valence-corrected chi connectivity index (χ1v) is 13.3. The maximum absolute atomic E-state index is 12.8. The number of rotatable bonds is 8. The fourth-order valence-electron chi connectivity index (χ4n) is 4.68. The highest BCUT2D eigenvalue weighted by atomic mass is 31.2. The number of phosphoric ester groups is 1. The molecule has 39 heavy (non-hydrogen) atoms. The van der Waals surface area contributed by atoms with Crippen molar-refractivity contribution in [3.8, 4) is 0 Å². The maximum atomic E-state index is 12.8. The summed E-state index contributed by atoms with van der Waals surface area (Å²) in [6.07, 6.45) is 0.203. The highest BCUT2D eigenvalue weighted by Crippen LogP contribution is 2.49. The number of aromatic nitrogens is 8. The lowest BCUT2D eigenvalue weighted by Gasteiger charge is -2.21. The number of aliphatic hydroxyl groups is 2. The lowest BCUT2D eigenvalue weighted by Crippen LogP contribution is -2.29. The summed E-state index contributed by atoms with van der Waals surface area (Å²) in [6.45, 7) is -0.970. The van der Waals surface area contributed by atoms with Crippen LogP contribution in [0.25, 0.3) is 22.3 Å². The summed E-state index contributed by atoms with van der Waals surface area (Å²) >= 11 is 0. The van der Waals surface area contributed by atoms with Crippen LogP contribution in [-0.2, 0) is 23.1 Å². The molecule has 0 radical (unpaired) electrons. The molecule has 0 spiro atoms. The summed E-state index contributed by atoms with van der Waals surface area (Å²) in [7, 11) is -4.69. The van der Waals surface area contributed by atoms with Gasteiger partial charge < -0.3 is 35.3 Å². The number of fused-ring (bicyclic) bond motifs is 2. The number of phosphoric acid groups is 1. The molecule has 2 saturated heterocycles. The molecule has 0 saturated carbocycles. The molecule has 0 aromatic carbocycles. The minimum Gasteiger partial charge on any atom is -0.394 e. The molecule has 1 unspecified atom stereocenters. The molecule has 4 aromatic rings. The Hall–Kier alpha value is -3.35. The highest BCUT2D eigenvalue weighted by Gasteiger charge is 2.43. The van der Waals surface area contributed by atoms with Crippen molar-refractivity contribution in [3.05, 3.63) is 35.5 Å². The van der Waals surface area contributed by atoms with Gasteiger partial charge in [0.1, 0.15) is 36.3 Å². The van der Waals surface area contributed by atoms with Gasteiger partial charge in [-0.15, -0.1) is 0 Å². The third kappa shape index (κ3) is 4.92. The molecule has 0 aliphatic carbocycles. The number of aromatic amines is 1. The number of hydrogen-bond acceptors (Lipinski definition) is 14. The van der Waals surface area contributed by atoms with E-state index in [0.29, 0.717) is 11.2 Å². The average molecular weight is 565 g/mol. The first-order chi connectivity index (χ1) is 18.7. The van der Waals surface area contributed by atoms with Gasteiger partial charge in [-0.1, -0.05) is 0 Å². The molecule has 4 aromatic heterocycles. The number of ether oxygens (including phenoxy) is 2. The summed E-state index contributed by atoms with van der Waals surface area (Å²) in [6, 6.07) is 0. The van der Waals surface area contributed by atoms with Crippen LogP contribution < -0.4 is 11.3 Å². The second-order valence-corrected chi connectivity index (χ2v) is 10.4. The molecule has 7 atom stereocenters. The monoisotopic (exact) mass is 565 g/mol. The normalized spacial score (nSPS) is 28.9. The Morgan fingerprint density at radius 2 is 1.85 bits per heavy atom. The van der Waals surface area contributed by atoms with Gasteiger partial charge in [-0.05, 0) is 0 Å². The molecule has 19 heteroatoms. The molecule has 0 bridgehead atoms. The number of anilines is 1. The number of nitrogen functional groups attached to an aromatic ring is 1. The lowest BCUT2D eigenvalue weighted by atomic mass is 10.2. The Kier molecular flexibility index (Phi) is 6.64. The van der Waals surface area contributed by atoms with E-state index in [-0.39, 0.29) is 30.0 Å². The first-order valence-electron chi connectivity index (χ1n) is 11.8. The number of hydrogen-bond donors (Lipinski definition) is 5. The fourth-order valence-corrected chi connectivity index (χ4v) is 5.64. The third-order valence-corrected chi connectivity index (χ3v) is 7.57. The quantitative estimate of drug-likeness (QED) is 0.160. The fraction of sp³-hybridized carbons (Fsp3) is 0.500. The zero-order chi connectivity index (χ0) is 27.3. The lowest BCUT2D eigenvalue weighted by molar-refractivity contribution is -0.0554.